The summed E-state index contributed by atoms with van der Waals surface area (Å²) in [7, 11) is 1.96. The Balaban J connectivity index is 2.16. The van der Waals surface area contributed by atoms with Crippen molar-refractivity contribution in [1.82, 2.24) is 9.88 Å². The number of pyridine rings is 1. The van der Waals surface area contributed by atoms with Gasteiger partial charge >= 0.3 is 0 Å². The Morgan fingerprint density at radius 1 is 1.39 bits per heavy atom. The second-order valence-corrected chi connectivity index (χ2v) is 5.02. The summed E-state index contributed by atoms with van der Waals surface area (Å²) < 4.78 is 0. The highest BCUT2D eigenvalue weighted by atomic mass is 16.1. The fourth-order valence-electron chi connectivity index (χ4n) is 3.03. The van der Waals surface area contributed by atoms with Crippen LogP contribution in [0.5, 0.6) is 0 Å². The Kier molecular flexibility index (Phi) is 2.41. The van der Waals surface area contributed by atoms with Gasteiger partial charge < -0.3 is 10.7 Å². The van der Waals surface area contributed by atoms with Crippen LogP contribution in [0.1, 0.15) is 18.5 Å². The van der Waals surface area contributed by atoms with Crippen molar-refractivity contribution in [3.8, 4) is 11.3 Å². The van der Waals surface area contributed by atoms with Gasteiger partial charge in [-0.05, 0) is 44.1 Å². The number of primary amides is 1. The number of amides is 1. The molecule has 0 saturated carbocycles. The van der Waals surface area contributed by atoms with Gasteiger partial charge in [0.15, 0.2) is 0 Å². The van der Waals surface area contributed by atoms with Gasteiger partial charge in [-0.2, -0.15) is 0 Å². The maximum absolute atomic E-state index is 12.0. The number of aromatic amines is 1. The Hall–Kier alpha value is -1.81. The molecule has 94 valence electrons. The van der Waals surface area contributed by atoms with E-state index in [1.54, 1.807) is 0 Å². The van der Waals surface area contributed by atoms with Crippen molar-refractivity contribution in [2.24, 2.45) is 5.73 Å². The van der Waals surface area contributed by atoms with Crippen molar-refractivity contribution in [3.63, 3.8) is 0 Å². The highest BCUT2D eigenvalue weighted by molar-refractivity contribution is 5.86. The zero-order valence-electron chi connectivity index (χ0n) is 10.4. The molecule has 0 aromatic heterocycles. The third-order valence-electron chi connectivity index (χ3n) is 4.09. The van der Waals surface area contributed by atoms with Crippen LogP contribution in [0.25, 0.3) is 11.3 Å². The van der Waals surface area contributed by atoms with Crippen molar-refractivity contribution in [3.05, 3.63) is 36.0 Å². The molecule has 1 unspecified atom stereocenters. The van der Waals surface area contributed by atoms with E-state index in [0.29, 0.717) is 0 Å². The molecule has 3 rings (SSSR count). The maximum Gasteiger partial charge on any atom is 0.244 e. The quantitative estimate of drug-likeness (QED) is 0.840. The highest BCUT2D eigenvalue weighted by Gasteiger charge is 2.46. The number of nitrogens with zero attached hydrogens (tertiary/aromatic N) is 1. The van der Waals surface area contributed by atoms with Gasteiger partial charge in [-0.1, -0.05) is 18.2 Å². The number of fused-ring (bicyclic) bond motifs is 1. The van der Waals surface area contributed by atoms with Crippen LogP contribution in [0.3, 0.4) is 0 Å². The molecule has 18 heavy (non-hydrogen) atoms. The summed E-state index contributed by atoms with van der Waals surface area (Å²) in [6.07, 6.45) is 1.77. The Morgan fingerprint density at radius 3 is 2.89 bits per heavy atom. The number of H-pyrrole nitrogens is 1. The average Bonchev–Trinajstić information content (AvgIpc) is 2.94. The Labute approximate surface area is 106 Å². The van der Waals surface area contributed by atoms with Gasteiger partial charge in [0.2, 0.25) is 5.91 Å². The van der Waals surface area contributed by atoms with E-state index in [0.717, 1.165) is 36.3 Å². The predicted octanol–water partition coefficient (Wildman–Crippen LogP) is 1.53. The molecular weight excluding hydrogens is 226 g/mol. The molecule has 1 amide bonds. The van der Waals surface area contributed by atoms with Gasteiger partial charge in [-0.3, -0.25) is 9.69 Å². The molecule has 1 aliphatic carbocycles. The van der Waals surface area contributed by atoms with E-state index in [9.17, 15) is 4.79 Å². The maximum atomic E-state index is 12.0. The van der Waals surface area contributed by atoms with Crippen LogP contribution in [-0.4, -0.2) is 29.4 Å². The van der Waals surface area contributed by atoms with Crippen LogP contribution >= 0.6 is 0 Å². The first-order chi connectivity index (χ1) is 8.64. The molecule has 4 heteroatoms. The van der Waals surface area contributed by atoms with Crippen LogP contribution in [0.4, 0.5) is 0 Å². The number of carbonyl (C=O) groups excluding carboxylic acids is 1. The van der Waals surface area contributed by atoms with Gasteiger partial charge in [0, 0.05) is 11.4 Å². The molecule has 1 saturated heterocycles. The predicted molar refractivity (Wildman–Crippen MR) is 70.2 cm³/mol. The Bertz CT molecular complexity index is 562. The van der Waals surface area contributed by atoms with Gasteiger partial charge in [0.05, 0.1) is 0 Å². The minimum atomic E-state index is -0.675. The summed E-state index contributed by atoms with van der Waals surface area (Å²) in [6, 6.07) is 10.1. The zero-order chi connectivity index (χ0) is 12.8. The fraction of sp³-hybridized carbons (Fsp3) is 0.357. The normalized spacial score (nSPS) is 24.7. The van der Waals surface area contributed by atoms with Crippen molar-refractivity contribution >= 4 is 5.91 Å². The van der Waals surface area contributed by atoms with Crippen molar-refractivity contribution in [1.29, 1.82) is 0 Å². The topological polar surface area (TPSA) is 62.1 Å². The third kappa shape index (κ3) is 1.39. The lowest BCUT2D eigenvalue weighted by molar-refractivity contribution is -0.128. The van der Waals surface area contributed by atoms with E-state index in [2.05, 4.69) is 9.88 Å². The highest BCUT2D eigenvalue weighted by Crippen LogP contribution is 2.38. The van der Waals surface area contributed by atoms with Crippen molar-refractivity contribution in [2.45, 2.75) is 18.4 Å². The number of hydrogen-bond donors (Lipinski definition) is 2. The molecule has 3 aliphatic rings. The molecule has 4 nitrogen and oxygen atoms in total. The zero-order valence-corrected chi connectivity index (χ0v) is 10.4. The van der Waals surface area contributed by atoms with Gasteiger partial charge in [0.25, 0.3) is 0 Å². The van der Waals surface area contributed by atoms with Crippen LogP contribution in [0.15, 0.2) is 30.3 Å². The van der Waals surface area contributed by atoms with E-state index in [-0.39, 0.29) is 5.91 Å². The van der Waals surface area contributed by atoms with E-state index in [1.165, 1.54) is 0 Å². The molecule has 1 fully saturated rings. The lowest BCUT2D eigenvalue weighted by Crippen LogP contribution is -2.50. The minimum Gasteiger partial charge on any atom is -0.368 e. The van der Waals surface area contributed by atoms with Gasteiger partial charge in [-0.25, -0.2) is 0 Å². The summed E-state index contributed by atoms with van der Waals surface area (Å²) in [5.74, 6) is -0.273. The number of rotatable bonds is 2. The van der Waals surface area contributed by atoms with Crippen LogP contribution < -0.4 is 5.73 Å². The summed E-state index contributed by atoms with van der Waals surface area (Å²) >= 11 is 0. The van der Waals surface area contributed by atoms with Gasteiger partial charge in [0.1, 0.15) is 5.54 Å². The Morgan fingerprint density at radius 2 is 2.22 bits per heavy atom. The summed E-state index contributed by atoms with van der Waals surface area (Å²) in [5, 5.41) is 0. The molecule has 0 radical (unpaired) electrons. The second kappa shape index (κ2) is 3.85. The number of hydrogen-bond acceptors (Lipinski definition) is 2. The van der Waals surface area contributed by atoms with Crippen LogP contribution in [0.2, 0.25) is 0 Å². The third-order valence-corrected chi connectivity index (χ3v) is 4.09. The molecule has 2 aliphatic heterocycles. The van der Waals surface area contributed by atoms with E-state index in [1.807, 2.05) is 37.4 Å². The number of nitrogens with one attached hydrogen (secondary N) is 1. The average molecular weight is 243 g/mol. The monoisotopic (exact) mass is 243 g/mol. The molecule has 0 aromatic carbocycles. The molecule has 0 bridgehead atoms. The number of carbonyl (C=O) groups is 1. The summed E-state index contributed by atoms with van der Waals surface area (Å²) in [6.45, 7) is 0.899. The van der Waals surface area contributed by atoms with Crippen molar-refractivity contribution in [2.75, 3.05) is 13.6 Å². The lowest BCUT2D eigenvalue weighted by atomic mass is 9.90. The number of aromatic nitrogens is 1. The molecule has 1 atom stereocenters. The molecule has 3 N–H and O–H groups in total. The SMILES string of the molecule is CN1CCCC1(C(N)=O)c1ccc2cccc-2[nH]1. The molecule has 0 aromatic rings. The second-order valence-electron chi connectivity index (χ2n) is 5.02. The summed E-state index contributed by atoms with van der Waals surface area (Å²) in [4.78, 5) is 17.4. The standard InChI is InChI=1S/C14H17N3O/c1-17-9-3-8-14(17,13(15)18)12-7-6-10-4-2-5-11(10)16-12/h2,4-7,16H,3,8-9H2,1H3,(H2,15,18). The minimum absolute atomic E-state index is 0.273. The first-order valence-electron chi connectivity index (χ1n) is 6.24. The van der Waals surface area contributed by atoms with E-state index >= 15 is 0 Å². The summed E-state index contributed by atoms with van der Waals surface area (Å²) in [5.41, 5.74) is 8.10. The fourth-order valence-corrected chi connectivity index (χ4v) is 3.03. The van der Waals surface area contributed by atoms with Crippen molar-refractivity contribution < 1.29 is 4.79 Å². The number of likely N-dealkylation sites (N-methyl/N-ethyl adjacent to an activating group) is 1. The van der Waals surface area contributed by atoms with Crippen LogP contribution in [0, 0.1) is 0 Å². The largest absolute Gasteiger partial charge is 0.368 e. The lowest BCUT2D eigenvalue weighted by Gasteiger charge is -2.33. The number of likely N-dealkylation sites (tertiary alicyclic amines) is 1. The first kappa shape index (κ1) is 11.3. The molecule has 0 spiro atoms. The molecular formula is C14H17N3O. The smallest absolute Gasteiger partial charge is 0.244 e. The van der Waals surface area contributed by atoms with Crippen LogP contribution in [-0.2, 0) is 10.3 Å². The number of nitrogens with two attached hydrogens (primary N) is 1. The molecule has 2 heterocycles. The van der Waals surface area contributed by atoms with E-state index < -0.39 is 5.54 Å². The first-order valence-corrected chi connectivity index (χ1v) is 6.24. The van der Waals surface area contributed by atoms with E-state index in [4.69, 9.17) is 5.73 Å². The van der Waals surface area contributed by atoms with Gasteiger partial charge in [-0.15, -0.1) is 0 Å².